The molecule has 6 nitrogen and oxygen atoms in total. The third-order valence-electron chi connectivity index (χ3n) is 4.58. The van der Waals surface area contributed by atoms with E-state index in [4.69, 9.17) is 0 Å². The number of benzene rings is 1. The third-order valence-corrected chi connectivity index (χ3v) is 4.58. The Labute approximate surface area is 151 Å². The van der Waals surface area contributed by atoms with Gasteiger partial charge in [-0.05, 0) is 31.5 Å². The van der Waals surface area contributed by atoms with Crippen molar-refractivity contribution in [1.82, 2.24) is 20.4 Å². The maximum atomic E-state index is 11.7. The normalized spacial score (nSPS) is 16.5. The maximum absolute atomic E-state index is 11.7. The van der Waals surface area contributed by atoms with Gasteiger partial charge in [0.2, 0.25) is 5.91 Å². The van der Waals surface area contributed by atoms with Crippen molar-refractivity contribution in [3.8, 4) is 0 Å². The first-order valence-corrected chi connectivity index (χ1v) is 9.05. The van der Waals surface area contributed by atoms with Crippen LogP contribution in [-0.4, -0.2) is 69.0 Å². The lowest BCUT2D eigenvalue weighted by atomic mass is 10.1. The molecule has 0 bridgehead atoms. The highest BCUT2D eigenvalue weighted by molar-refractivity contribution is 5.81. The number of hydrogen-bond donors (Lipinski definition) is 2. The van der Waals surface area contributed by atoms with Crippen LogP contribution in [-0.2, 0) is 4.79 Å². The highest BCUT2D eigenvalue weighted by Gasteiger charge is 2.23. The Morgan fingerprint density at radius 3 is 2.48 bits per heavy atom. The third kappa shape index (κ3) is 6.05. The number of hydrogen-bond acceptors (Lipinski definition) is 3. The van der Waals surface area contributed by atoms with Crippen LogP contribution in [0, 0.1) is 0 Å². The van der Waals surface area contributed by atoms with E-state index < -0.39 is 0 Å². The summed E-state index contributed by atoms with van der Waals surface area (Å²) >= 11 is 0. The van der Waals surface area contributed by atoms with E-state index in [1.165, 1.54) is 18.4 Å². The first-order valence-electron chi connectivity index (χ1n) is 9.05. The summed E-state index contributed by atoms with van der Waals surface area (Å²) in [5.41, 5.74) is 1.33. The van der Waals surface area contributed by atoms with Crippen LogP contribution in [0.25, 0.3) is 0 Å². The Morgan fingerprint density at radius 1 is 1.20 bits per heavy atom. The summed E-state index contributed by atoms with van der Waals surface area (Å²) in [6, 6.07) is 11.0. The molecule has 1 aliphatic heterocycles. The summed E-state index contributed by atoms with van der Waals surface area (Å²) in [6.07, 6.45) is 2.99. The molecule has 1 aromatic rings. The second kappa shape index (κ2) is 10.0. The SMILES string of the molecule is CN=C(NCCC(=O)N(C)C)NCC(c1ccccc1)N1CCCC1. The highest BCUT2D eigenvalue weighted by Crippen LogP contribution is 2.24. The molecule has 1 atom stereocenters. The molecule has 1 saturated heterocycles. The van der Waals surface area contributed by atoms with Gasteiger partial charge >= 0.3 is 0 Å². The van der Waals surface area contributed by atoms with E-state index in [1.54, 1.807) is 26.0 Å². The Hall–Kier alpha value is -2.08. The molecule has 0 radical (unpaired) electrons. The molecule has 6 heteroatoms. The molecular weight excluding hydrogens is 314 g/mol. The van der Waals surface area contributed by atoms with Gasteiger partial charge in [0.15, 0.2) is 5.96 Å². The number of carbonyl (C=O) groups excluding carboxylic acids is 1. The second-order valence-corrected chi connectivity index (χ2v) is 6.59. The molecule has 2 rings (SSSR count). The topological polar surface area (TPSA) is 60.0 Å². The maximum Gasteiger partial charge on any atom is 0.223 e. The van der Waals surface area contributed by atoms with Crippen molar-refractivity contribution in [3.63, 3.8) is 0 Å². The lowest BCUT2D eigenvalue weighted by molar-refractivity contribution is -0.128. The fourth-order valence-corrected chi connectivity index (χ4v) is 3.11. The monoisotopic (exact) mass is 345 g/mol. The molecule has 1 fully saturated rings. The number of aliphatic imine (C=N–C) groups is 1. The van der Waals surface area contributed by atoms with Gasteiger partial charge in [-0.2, -0.15) is 0 Å². The average molecular weight is 345 g/mol. The molecule has 1 aromatic carbocycles. The molecule has 1 aliphatic rings. The summed E-state index contributed by atoms with van der Waals surface area (Å²) in [5.74, 6) is 0.855. The van der Waals surface area contributed by atoms with Crippen molar-refractivity contribution in [1.29, 1.82) is 0 Å². The molecule has 1 unspecified atom stereocenters. The lowest BCUT2D eigenvalue weighted by Gasteiger charge is -2.29. The van der Waals surface area contributed by atoms with Crippen LogP contribution in [0.3, 0.4) is 0 Å². The number of amides is 1. The van der Waals surface area contributed by atoms with Crippen LogP contribution in [0.1, 0.15) is 30.9 Å². The highest BCUT2D eigenvalue weighted by atomic mass is 16.2. The van der Waals surface area contributed by atoms with Crippen molar-refractivity contribution in [2.75, 3.05) is 47.3 Å². The number of guanidine groups is 1. The fraction of sp³-hybridized carbons (Fsp3) is 0.579. The standard InChI is InChI=1S/C19H31N5O/c1-20-19(21-12-11-18(25)23(2)3)22-15-17(24-13-7-8-14-24)16-9-5-4-6-10-16/h4-6,9-10,17H,7-8,11-15H2,1-3H3,(H2,20,21,22). The minimum Gasteiger partial charge on any atom is -0.356 e. The lowest BCUT2D eigenvalue weighted by Crippen LogP contribution is -2.43. The minimum atomic E-state index is 0.113. The Balaban J connectivity index is 1.89. The molecule has 2 N–H and O–H groups in total. The van der Waals surface area contributed by atoms with E-state index in [2.05, 4.69) is 50.9 Å². The summed E-state index contributed by atoms with van der Waals surface area (Å²) in [6.45, 7) is 3.66. The molecule has 1 amide bonds. The van der Waals surface area contributed by atoms with Gasteiger partial charge < -0.3 is 15.5 Å². The first-order chi connectivity index (χ1) is 12.1. The molecule has 1 heterocycles. The average Bonchev–Trinajstić information content (AvgIpc) is 3.15. The van der Waals surface area contributed by atoms with Crippen LogP contribution in [0.5, 0.6) is 0 Å². The van der Waals surface area contributed by atoms with Gasteiger partial charge in [0.25, 0.3) is 0 Å². The van der Waals surface area contributed by atoms with E-state index in [1.807, 2.05) is 0 Å². The van der Waals surface area contributed by atoms with Crippen molar-refractivity contribution in [2.24, 2.45) is 4.99 Å². The molecule has 0 saturated carbocycles. The zero-order valence-electron chi connectivity index (χ0n) is 15.7. The van der Waals surface area contributed by atoms with Crippen molar-refractivity contribution in [2.45, 2.75) is 25.3 Å². The quantitative estimate of drug-likeness (QED) is 0.580. The Kier molecular flexibility index (Phi) is 7.73. The molecule has 0 spiro atoms. The molecule has 138 valence electrons. The van der Waals surface area contributed by atoms with Crippen LogP contribution < -0.4 is 10.6 Å². The molecule has 25 heavy (non-hydrogen) atoms. The van der Waals surface area contributed by atoms with Gasteiger partial charge in [-0.3, -0.25) is 14.7 Å². The molecule has 0 aromatic heterocycles. The van der Waals surface area contributed by atoms with E-state index in [0.717, 1.165) is 25.6 Å². The van der Waals surface area contributed by atoms with E-state index in [-0.39, 0.29) is 5.91 Å². The van der Waals surface area contributed by atoms with Crippen molar-refractivity contribution >= 4 is 11.9 Å². The smallest absolute Gasteiger partial charge is 0.223 e. The zero-order chi connectivity index (χ0) is 18.1. The van der Waals surface area contributed by atoms with Gasteiger partial charge in [-0.1, -0.05) is 30.3 Å². The number of rotatable bonds is 7. The number of nitrogens with one attached hydrogen (secondary N) is 2. The first kappa shape index (κ1) is 19.2. The van der Waals surface area contributed by atoms with Crippen molar-refractivity contribution < 1.29 is 4.79 Å². The largest absolute Gasteiger partial charge is 0.356 e. The van der Waals surface area contributed by atoms with Gasteiger partial charge in [0.05, 0.1) is 6.04 Å². The minimum absolute atomic E-state index is 0.113. The second-order valence-electron chi connectivity index (χ2n) is 6.59. The Bertz CT molecular complexity index is 552. The predicted molar refractivity (Wildman–Crippen MR) is 103 cm³/mol. The summed E-state index contributed by atoms with van der Waals surface area (Å²) < 4.78 is 0. The van der Waals surface area contributed by atoms with Crippen LogP contribution >= 0.6 is 0 Å². The van der Waals surface area contributed by atoms with Gasteiger partial charge in [0, 0.05) is 40.7 Å². The number of likely N-dealkylation sites (tertiary alicyclic amines) is 1. The Morgan fingerprint density at radius 2 is 1.88 bits per heavy atom. The van der Waals surface area contributed by atoms with E-state index in [0.29, 0.717) is 19.0 Å². The summed E-state index contributed by atoms with van der Waals surface area (Å²) in [5, 5.41) is 6.65. The predicted octanol–water partition coefficient (Wildman–Crippen LogP) is 1.47. The van der Waals surface area contributed by atoms with Crippen LogP contribution in [0.2, 0.25) is 0 Å². The van der Waals surface area contributed by atoms with E-state index in [9.17, 15) is 4.79 Å². The summed E-state index contributed by atoms with van der Waals surface area (Å²) in [7, 11) is 5.31. The van der Waals surface area contributed by atoms with Crippen molar-refractivity contribution in [3.05, 3.63) is 35.9 Å². The fourth-order valence-electron chi connectivity index (χ4n) is 3.11. The summed E-state index contributed by atoms with van der Waals surface area (Å²) in [4.78, 5) is 20.1. The molecule has 0 aliphatic carbocycles. The van der Waals surface area contributed by atoms with E-state index >= 15 is 0 Å². The number of nitrogens with zero attached hydrogens (tertiary/aromatic N) is 3. The number of carbonyl (C=O) groups is 1. The van der Waals surface area contributed by atoms with Crippen LogP contribution in [0.15, 0.2) is 35.3 Å². The van der Waals surface area contributed by atoms with Gasteiger partial charge in [-0.15, -0.1) is 0 Å². The van der Waals surface area contributed by atoms with Gasteiger partial charge in [-0.25, -0.2) is 0 Å². The van der Waals surface area contributed by atoms with Gasteiger partial charge in [0.1, 0.15) is 0 Å². The van der Waals surface area contributed by atoms with Crippen LogP contribution in [0.4, 0.5) is 0 Å². The molecular formula is C19H31N5O. The zero-order valence-corrected chi connectivity index (χ0v) is 15.7.